The second-order valence-electron chi connectivity index (χ2n) is 9.70. The molecule has 4 N–H and O–H groups in total. The van der Waals surface area contributed by atoms with Crippen LogP contribution in [-0.2, 0) is 11.3 Å². The molecule has 1 aliphatic heterocycles. The van der Waals surface area contributed by atoms with Crippen molar-refractivity contribution >= 4 is 17.1 Å². The van der Waals surface area contributed by atoms with E-state index in [0.717, 1.165) is 18.4 Å². The third-order valence-corrected chi connectivity index (χ3v) is 6.86. The summed E-state index contributed by atoms with van der Waals surface area (Å²) in [5, 5.41) is 34.8. The summed E-state index contributed by atoms with van der Waals surface area (Å²) >= 11 is 0. The number of imidazole rings is 1. The molecular formula is C24H30FN5O5. The molecule has 0 unspecified atom stereocenters. The van der Waals surface area contributed by atoms with Crippen LogP contribution in [0.2, 0.25) is 0 Å². The Morgan fingerprint density at radius 1 is 1.17 bits per heavy atom. The van der Waals surface area contributed by atoms with Gasteiger partial charge in [-0.25, -0.2) is 14.4 Å². The van der Waals surface area contributed by atoms with Gasteiger partial charge in [0.2, 0.25) is 11.8 Å². The van der Waals surface area contributed by atoms with Crippen LogP contribution in [0.25, 0.3) is 11.2 Å². The van der Waals surface area contributed by atoms with E-state index >= 15 is 0 Å². The minimum Gasteiger partial charge on any atom is -0.471 e. The highest BCUT2D eigenvalue weighted by atomic mass is 19.1. The Kier molecular flexibility index (Phi) is 6.34. The van der Waals surface area contributed by atoms with E-state index in [2.05, 4.69) is 15.3 Å². The van der Waals surface area contributed by atoms with Crippen LogP contribution in [0.15, 0.2) is 30.6 Å². The van der Waals surface area contributed by atoms with E-state index in [0.29, 0.717) is 30.0 Å². The monoisotopic (exact) mass is 487 g/mol. The van der Waals surface area contributed by atoms with Crippen molar-refractivity contribution in [3.8, 4) is 5.88 Å². The van der Waals surface area contributed by atoms with Crippen LogP contribution in [-0.4, -0.2) is 64.8 Å². The fourth-order valence-electron chi connectivity index (χ4n) is 4.68. The second-order valence-corrected chi connectivity index (χ2v) is 9.70. The summed E-state index contributed by atoms with van der Waals surface area (Å²) < 4.78 is 26.6. The lowest BCUT2D eigenvalue weighted by atomic mass is 9.84. The molecule has 4 atom stereocenters. The first-order valence-corrected chi connectivity index (χ1v) is 11.8. The Labute approximate surface area is 201 Å². The first kappa shape index (κ1) is 23.9. The number of hydrogen-bond acceptors (Lipinski definition) is 9. The highest BCUT2D eigenvalue weighted by molar-refractivity contribution is 5.79. The Morgan fingerprint density at radius 2 is 1.89 bits per heavy atom. The summed E-state index contributed by atoms with van der Waals surface area (Å²) in [5.41, 5.74) is 0.821. The predicted molar refractivity (Wildman–Crippen MR) is 124 cm³/mol. The smallest absolute Gasteiger partial charge is 0.245 e. The number of aliphatic hydroxyl groups is 3. The summed E-state index contributed by atoms with van der Waals surface area (Å²) in [4.78, 5) is 13.3. The fourth-order valence-corrected chi connectivity index (χ4v) is 4.68. The molecule has 0 amide bonds. The number of nitrogens with one attached hydrogen (secondary N) is 1. The Morgan fingerprint density at radius 3 is 2.54 bits per heavy atom. The summed E-state index contributed by atoms with van der Waals surface area (Å²) in [6.07, 6.45) is 0.360. The third kappa shape index (κ3) is 4.81. The molecule has 11 heteroatoms. The molecule has 10 nitrogen and oxygen atoms in total. The molecule has 3 aromatic rings. The van der Waals surface area contributed by atoms with Crippen molar-refractivity contribution in [2.24, 2.45) is 0 Å². The number of halogens is 1. The van der Waals surface area contributed by atoms with Crippen LogP contribution in [0.1, 0.15) is 51.3 Å². The number of benzene rings is 1. The highest BCUT2D eigenvalue weighted by Gasteiger charge is 2.43. The fraction of sp³-hybridized carbons (Fsp3) is 0.542. The quantitative estimate of drug-likeness (QED) is 0.413. The number of aliphatic hydroxyl groups excluding tert-OH is 2. The van der Waals surface area contributed by atoms with Crippen LogP contribution >= 0.6 is 0 Å². The van der Waals surface area contributed by atoms with Crippen molar-refractivity contribution in [1.29, 1.82) is 0 Å². The van der Waals surface area contributed by atoms with Crippen molar-refractivity contribution in [1.82, 2.24) is 19.5 Å². The molecule has 188 valence electrons. The van der Waals surface area contributed by atoms with E-state index in [4.69, 9.17) is 14.5 Å². The average molecular weight is 488 g/mol. The normalized spacial score (nSPS) is 31.1. The maximum atomic E-state index is 13.2. The van der Waals surface area contributed by atoms with Gasteiger partial charge in [0.15, 0.2) is 17.4 Å². The number of fused-ring (bicyclic) bond motifs is 1. The van der Waals surface area contributed by atoms with Crippen molar-refractivity contribution in [2.75, 3.05) is 5.32 Å². The molecule has 0 radical (unpaired) electrons. The molecular weight excluding hydrogens is 457 g/mol. The first-order chi connectivity index (χ1) is 16.7. The number of anilines is 1. The van der Waals surface area contributed by atoms with E-state index in [1.54, 1.807) is 23.6 Å². The van der Waals surface area contributed by atoms with Gasteiger partial charge in [-0.3, -0.25) is 4.57 Å². The maximum Gasteiger partial charge on any atom is 0.245 e. The number of ether oxygens (including phenoxy) is 2. The maximum absolute atomic E-state index is 13.2. The van der Waals surface area contributed by atoms with E-state index in [1.807, 2.05) is 6.92 Å². The molecule has 35 heavy (non-hydrogen) atoms. The van der Waals surface area contributed by atoms with Gasteiger partial charge in [-0.2, -0.15) is 4.98 Å². The Balaban J connectivity index is 1.48. The minimum atomic E-state index is -1.19. The molecule has 3 heterocycles. The highest BCUT2D eigenvalue weighted by Crippen LogP contribution is 2.37. The lowest BCUT2D eigenvalue weighted by molar-refractivity contribution is -0.0289. The minimum absolute atomic E-state index is 0.0447. The number of aromatic nitrogens is 4. The number of nitrogens with zero attached hydrogens (tertiary/aromatic N) is 4. The van der Waals surface area contributed by atoms with Gasteiger partial charge < -0.3 is 30.1 Å². The topological polar surface area (TPSA) is 135 Å². The molecule has 5 rings (SSSR count). The average Bonchev–Trinajstić information content (AvgIpc) is 3.32. The Hall–Kier alpha value is -2.86. The zero-order valence-corrected chi connectivity index (χ0v) is 19.6. The molecule has 1 aliphatic carbocycles. The van der Waals surface area contributed by atoms with E-state index < -0.39 is 30.1 Å². The van der Waals surface area contributed by atoms with Crippen LogP contribution < -0.4 is 10.1 Å². The van der Waals surface area contributed by atoms with Gasteiger partial charge in [-0.15, -0.1) is 0 Å². The van der Waals surface area contributed by atoms with Crippen molar-refractivity contribution in [3.05, 3.63) is 42.0 Å². The summed E-state index contributed by atoms with van der Waals surface area (Å²) in [5.74, 6) is 0.307. The van der Waals surface area contributed by atoms with Crippen LogP contribution in [0.5, 0.6) is 5.88 Å². The molecule has 0 bridgehead atoms. The second kappa shape index (κ2) is 9.30. The van der Waals surface area contributed by atoms with E-state index in [-0.39, 0.29) is 24.3 Å². The molecule has 0 spiro atoms. The molecule has 1 saturated heterocycles. The van der Waals surface area contributed by atoms with Crippen LogP contribution in [0.4, 0.5) is 10.3 Å². The largest absolute Gasteiger partial charge is 0.471 e. The summed E-state index contributed by atoms with van der Waals surface area (Å²) in [6.45, 7) is 3.68. The number of hydrogen-bond donors (Lipinski definition) is 4. The van der Waals surface area contributed by atoms with Gasteiger partial charge in [0.1, 0.15) is 31.0 Å². The Bertz CT molecular complexity index is 1180. The lowest BCUT2D eigenvalue weighted by Crippen LogP contribution is -2.37. The third-order valence-electron chi connectivity index (χ3n) is 6.86. The van der Waals surface area contributed by atoms with E-state index in [1.165, 1.54) is 18.5 Å². The van der Waals surface area contributed by atoms with Gasteiger partial charge in [0, 0.05) is 6.04 Å². The van der Waals surface area contributed by atoms with Gasteiger partial charge in [0.05, 0.1) is 11.7 Å². The molecule has 2 aliphatic rings. The zero-order chi connectivity index (χ0) is 24.7. The predicted octanol–water partition coefficient (Wildman–Crippen LogP) is 2.29. The van der Waals surface area contributed by atoms with Crippen molar-refractivity contribution in [3.63, 3.8) is 0 Å². The molecule has 1 saturated carbocycles. The first-order valence-electron chi connectivity index (χ1n) is 11.8. The summed E-state index contributed by atoms with van der Waals surface area (Å²) in [6, 6.07) is 6.02. The standard InChI is InChI=1S/C24H30FN5O5/c1-13-18(31)19(32)22(35-13)30-20-17(29-23(30)28-16-7-9-24(2,33)10-8-16)21(27-12-26-20)34-11-14-3-5-15(25)6-4-14/h3-6,12-13,16,18-19,22,31-33H,7-11H2,1-2H3,(H,28,29)/t13-,16?,18-,19-,22-,24?/m1/s1. The van der Waals surface area contributed by atoms with Gasteiger partial charge in [0.25, 0.3) is 0 Å². The summed E-state index contributed by atoms with van der Waals surface area (Å²) in [7, 11) is 0. The molecule has 2 aromatic heterocycles. The molecule has 1 aromatic carbocycles. The van der Waals surface area contributed by atoms with Gasteiger partial charge in [-0.05, 0) is 57.2 Å². The van der Waals surface area contributed by atoms with E-state index in [9.17, 15) is 19.7 Å². The van der Waals surface area contributed by atoms with Gasteiger partial charge >= 0.3 is 0 Å². The van der Waals surface area contributed by atoms with Crippen LogP contribution in [0, 0.1) is 5.82 Å². The van der Waals surface area contributed by atoms with Crippen molar-refractivity contribution in [2.45, 2.75) is 82.3 Å². The lowest BCUT2D eigenvalue weighted by Gasteiger charge is -2.34. The SMILES string of the molecule is C[C@H]1O[C@@H](n2c(NC3CCC(C)(O)CC3)nc3c(OCc4ccc(F)cc4)ncnc32)[C@H](O)[C@@H]1O. The molecule has 2 fully saturated rings. The zero-order valence-electron chi connectivity index (χ0n) is 19.6. The van der Waals surface area contributed by atoms with Gasteiger partial charge in [-0.1, -0.05) is 12.1 Å². The number of rotatable bonds is 6. The van der Waals surface area contributed by atoms with Crippen LogP contribution in [0.3, 0.4) is 0 Å². The van der Waals surface area contributed by atoms with Crippen molar-refractivity contribution < 1.29 is 29.2 Å².